The molecule has 7 nitrogen and oxygen atoms in total. The Kier molecular flexibility index (Phi) is 7.98. The first-order valence-electron chi connectivity index (χ1n) is 10.5. The van der Waals surface area contributed by atoms with Crippen molar-refractivity contribution in [1.29, 1.82) is 0 Å². The first-order valence-corrected chi connectivity index (χ1v) is 10.5. The van der Waals surface area contributed by atoms with Gasteiger partial charge in [-0.15, -0.1) is 0 Å². The van der Waals surface area contributed by atoms with E-state index in [-0.39, 0.29) is 30.0 Å². The molecule has 4 N–H and O–H groups in total. The Morgan fingerprint density at radius 3 is 2.74 bits per heavy atom. The summed E-state index contributed by atoms with van der Waals surface area (Å²) in [6.45, 7) is 4.04. The Balaban J connectivity index is 1.48. The van der Waals surface area contributed by atoms with Gasteiger partial charge in [0, 0.05) is 37.7 Å². The van der Waals surface area contributed by atoms with E-state index in [0.29, 0.717) is 44.1 Å². The number of halogens is 1. The molecule has 31 heavy (non-hydrogen) atoms. The minimum absolute atomic E-state index is 0.00197. The molecule has 2 amide bonds. The molecule has 1 unspecified atom stereocenters. The molecule has 3 rings (SSSR count). The fraction of sp³-hybridized carbons (Fsp3) is 0.348. The maximum Gasteiger partial charge on any atom is 0.225 e. The van der Waals surface area contributed by atoms with Crippen LogP contribution in [-0.2, 0) is 16.0 Å². The first-order chi connectivity index (χ1) is 15.0. The Morgan fingerprint density at radius 1 is 1.13 bits per heavy atom. The summed E-state index contributed by atoms with van der Waals surface area (Å²) < 4.78 is 13.2. The molecule has 1 atom stereocenters. The lowest BCUT2D eigenvalue weighted by Gasteiger charge is -2.24. The molecule has 2 aromatic rings. The summed E-state index contributed by atoms with van der Waals surface area (Å²) in [6, 6.07) is 13.8. The summed E-state index contributed by atoms with van der Waals surface area (Å²) in [7, 11) is 0. The average molecular weight is 426 g/mol. The lowest BCUT2D eigenvalue weighted by Crippen LogP contribution is -2.42. The van der Waals surface area contributed by atoms with Crippen molar-refractivity contribution in [3.8, 4) is 0 Å². The van der Waals surface area contributed by atoms with Crippen LogP contribution in [0.15, 0.2) is 53.5 Å². The van der Waals surface area contributed by atoms with E-state index in [1.807, 2.05) is 31.2 Å². The number of hydrogen-bond donors (Lipinski definition) is 4. The van der Waals surface area contributed by atoms with E-state index in [4.69, 9.17) is 0 Å². The lowest BCUT2D eigenvalue weighted by atomic mass is 9.91. The van der Waals surface area contributed by atoms with Crippen LogP contribution in [0.5, 0.6) is 0 Å². The molecule has 0 bridgehead atoms. The number of amides is 2. The van der Waals surface area contributed by atoms with Crippen LogP contribution in [0.3, 0.4) is 0 Å². The summed E-state index contributed by atoms with van der Waals surface area (Å²) in [5, 5.41) is 12.1. The molecule has 2 aromatic carbocycles. The number of benzene rings is 2. The third-order valence-corrected chi connectivity index (χ3v) is 4.91. The maximum absolute atomic E-state index is 13.2. The zero-order valence-corrected chi connectivity index (χ0v) is 17.6. The fourth-order valence-corrected chi connectivity index (χ4v) is 3.49. The van der Waals surface area contributed by atoms with Crippen LogP contribution < -0.4 is 21.3 Å². The topological polar surface area (TPSA) is 94.6 Å². The highest BCUT2D eigenvalue weighted by Crippen LogP contribution is 2.31. The second kappa shape index (κ2) is 11.1. The van der Waals surface area contributed by atoms with Crippen LogP contribution in [0.4, 0.5) is 10.1 Å². The number of carbonyl (C=O) groups is 2. The van der Waals surface area contributed by atoms with E-state index in [1.165, 1.54) is 12.1 Å². The Labute approximate surface area is 181 Å². The van der Waals surface area contributed by atoms with Crippen LogP contribution >= 0.6 is 0 Å². The molecular weight excluding hydrogens is 397 g/mol. The molecule has 1 aliphatic rings. The molecule has 164 valence electrons. The van der Waals surface area contributed by atoms with Gasteiger partial charge in [-0.1, -0.05) is 30.3 Å². The van der Waals surface area contributed by atoms with Gasteiger partial charge in [0.05, 0.1) is 13.0 Å². The van der Waals surface area contributed by atoms with Gasteiger partial charge in [-0.2, -0.15) is 0 Å². The van der Waals surface area contributed by atoms with Crippen molar-refractivity contribution in [2.45, 2.75) is 25.7 Å². The zero-order chi connectivity index (χ0) is 22.1. The average Bonchev–Trinajstić information content (AvgIpc) is 2.74. The number of carbonyl (C=O) groups excluding carboxylic acids is 2. The zero-order valence-electron chi connectivity index (χ0n) is 17.6. The van der Waals surface area contributed by atoms with Crippen molar-refractivity contribution in [3.05, 3.63) is 65.5 Å². The van der Waals surface area contributed by atoms with Crippen LogP contribution in [0, 0.1) is 5.82 Å². The van der Waals surface area contributed by atoms with E-state index < -0.39 is 0 Å². The molecule has 0 aromatic heterocycles. The summed E-state index contributed by atoms with van der Waals surface area (Å²) in [5.74, 6) is 0.130. The fourth-order valence-electron chi connectivity index (χ4n) is 3.49. The van der Waals surface area contributed by atoms with Gasteiger partial charge in [-0.05, 0) is 36.2 Å². The van der Waals surface area contributed by atoms with E-state index >= 15 is 0 Å². The molecule has 0 radical (unpaired) electrons. The quantitative estimate of drug-likeness (QED) is 0.296. The van der Waals surface area contributed by atoms with Gasteiger partial charge in [-0.3, -0.25) is 14.6 Å². The summed E-state index contributed by atoms with van der Waals surface area (Å²) in [6.07, 6.45) is 0.533. The predicted molar refractivity (Wildman–Crippen MR) is 120 cm³/mol. The van der Waals surface area contributed by atoms with E-state index in [0.717, 1.165) is 11.3 Å². The predicted octanol–water partition coefficient (Wildman–Crippen LogP) is 2.17. The van der Waals surface area contributed by atoms with E-state index in [1.54, 1.807) is 12.1 Å². The van der Waals surface area contributed by atoms with Gasteiger partial charge in [-0.25, -0.2) is 4.39 Å². The second-order valence-electron chi connectivity index (χ2n) is 7.34. The van der Waals surface area contributed by atoms with Gasteiger partial charge in [0.15, 0.2) is 5.96 Å². The molecule has 0 saturated heterocycles. The largest absolute Gasteiger partial charge is 0.357 e. The Morgan fingerprint density at radius 2 is 1.94 bits per heavy atom. The molecular formula is C23H28FN5O2. The number of aliphatic imine (C=N–C) groups is 1. The van der Waals surface area contributed by atoms with Gasteiger partial charge >= 0.3 is 0 Å². The molecule has 1 aliphatic heterocycles. The molecule has 0 spiro atoms. The minimum atomic E-state index is -0.350. The number of anilines is 1. The van der Waals surface area contributed by atoms with Crippen LogP contribution in [0.1, 0.15) is 30.4 Å². The first kappa shape index (κ1) is 22.3. The number of nitrogens with zero attached hydrogens (tertiary/aromatic N) is 1. The highest BCUT2D eigenvalue weighted by Gasteiger charge is 2.24. The smallest absolute Gasteiger partial charge is 0.225 e. The van der Waals surface area contributed by atoms with Crippen LogP contribution in [0.25, 0.3) is 0 Å². The van der Waals surface area contributed by atoms with E-state index in [9.17, 15) is 14.0 Å². The van der Waals surface area contributed by atoms with Gasteiger partial charge in [0.1, 0.15) is 5.82 Å². The maximum atomic E-state index is 13.2. The summed E-state index contributed by atoms with van der Waals surface area (Å²) in [5.41, 5.74) is 2.57. The normalized spacial score (nSPS) is 15.6. The molecule has 0 fully saturated rings. The molecule has 0 aliphatic carbocycles. The third kappa shape index (κ3) is 6.80. The molecule has 8 heteroatoms. The Bertz CT molecular complexity index is 947. The molecule has 0 saturated carbocycles. The lowest BCUT2D eigenvalue weighted by molar-refractivity contribution is -0.120. The number of hydrogen-bond acceptors (Lipinski definition) is 3. The van der Waals surface area contributed by atoms with Gasteiger partial charge in [0.2, 0.25) is 11.8 Å². The number of nitrogens with one attached hydrogen (secondary N) is 4. The summed E-state index contributed by atoms with van der Waals surface area (Å²) >= 11 is 0. The monoisotopic (exact) mass is 425 g/mol. The number of fused-ring (bicyclic) bond motifs is 1. The highest BCUT2D eigenvalue weighted by atomic mass is 19.1. The number of rotatable bonds is 8. The van der Waals surface area contributed by atoms with Crippen molar-refractivity contribution in [3.63, 3.8) is 0 Å². The van der Waals surface area contributed by atoms with Gasteiger partial charge < -0.3 is 21.3 Å². The molecule has 1 heterocycles. The van der Waals surface area contributed by atoms with E-state index in [2.05, 4.69) is 26.3 Å². The number of guanidine groups is 1. The standard InChI is InChI=1S/C23H28FN5O2/c1-2-25-23(27-11-10-26-21(30)13-16-6-5-7-18(24)12-16)28-15-17-14-22(31)29-20-9-4-3-8-19(17)20/h3-9,12,17H,2,10-11,13-15H2,1H3,(H,26,30)(H,29,31)(H2,25,27,28). The van der Waals surface area contributed by atoms with Crippen molar-refractivity contribution < 1.29 is 14.0 Å². The third-order valence-electron chi connectivity index (χ3n) is 4.91. The highest BCUT2D eigenvalue weighted by molar-refractivity contribution is 5.94. The van der Waals surface area contributed by atoms with Crippen molar-refractivity contribution in [2.24, 2.45) is 4.99 Å². The van der Waals surface area contributed by atoms with Gasteiger partial charge in [0.25, 0.3) is 0 Å². The summed E-state index contributed by atoms with van der Waals surface area (Å²) in [4.78, 5) is 28.6. The number of para-hydroxylation sites is 1. The van der Waals surface area contributed by atoms with Crippen molar-refractivity contribution in [2.75, 3.05) is 31.5 Å². The second-order valence-corrected chi connectivity index (χ2v) is 7.34. The minimum Gasteiger partial charge on any atom is -0.357 e. The Hall–Kier alpha value is -3.42. The van der Waals surface area contributed by atoms with Crippen molar-refractivity contribution >= 4 is 23.5 Å². The van der Waals surface area contributed by atoms with Crippen molar-refractivity contribution in [1.82, 2.24) is 16.0 Å². The van der Waals surface area contributed by atoms with Crippen LogP contribution in [-0.4, -0.2) is 44.0 Å². The SMILES string of the molecule is CCNC(=NCC1CC(=O)Nc2ccccc21)NCCNC(=O)Cc1cccc(F)c1. The van der Waals surface area contributed by atoms with Crippen LogP contribution in [0.2, 0.25) is 0 Å².